The minimum absolute atomic E-state index is 0.191. The van der Waals surface area contributed by atoms with E-state index in [0.29, 0.717) is 0 Å². The molecule has 0 radical (unpaired) electrons. The average molecular weight is 248 g/mol. The second-order valence-corrected chi connectivity index (χ2v) is 4.66. The maximum absolute atomic E-state index is 6.13. The van der Waals surface area contributed by atoms with Gasteiger partial charge in [-0.25, -0.2) is 0 Å². The van der Waals surface area contributed by atoms with Crippen molar-refractivity contribution in [1.82, 2.24) is 5.32 Å². The van der Waals surface area contributed by atoms with Crippen LogP contribution in [-0.4, -0.2) is 19.8 Å². The van der Waals surface area contributed by atoms with E-state index in [1.807, 2.05) is 25.4 Å². The van der Waals surface area contributed by atoms with E-state index in [2.05, 4.69) is 12.2 Å². The van der Waals surface area contributed by atoms with Gasteiger partial charge < -0.3 is 10.1 Å². The zero-order valence-corrected chi connectivity index (χ0v) is 11.0. The summed E-state index contributed by atoms with van der Waals surface area (Å²) >= 11 is 7.81. The monoisotopic (exact) mass is 247 g/mol. The second-order valence-electron chi connectivity index (χ2n) is 3.30. The molecule has 0 spiro atoms. The van der Waals surface area contributed by atoms with Gasteiger partial charge in [-0.3, -0.25) is 0 Å². The maximum atomic E-state index is 6.13. The highest BCUT2D eigenvalue weighted by Crippen LogP contribution is 2.32. The minimum atomic E-state index is 0.191. The van der Waals surface area contributed by atoms with Crippen molar-refractivity contribution in [2.45, 2.75) is 32.4 Å². The van der Waals surface area contributed by atoms with Gasteiger partial charge in [-0.1, -0.05) is 18.5 Å². The summed E-state index contributed by atoms with van der Waals surface area (Å²) in [6, 6.07) is 2.13. The van der Waals surface area contributed by atoms with Crippen molar-refractivity contribution in [3.63, 3.8) is 0 Å². The Labute approximate surface area is 101 Å². The largest absolute Gasteiger partial charge is 0.377 e. The summed E-state index contributed by atoms with van der Waals surface area (Å²) < 4.78 is 5.71. The number of likely N-dealkylation sites (N-methyl/N-ethyl adjacent to an activating group) is 1. The van der Waals surface area contributed by atoms with Crippen LogP contribution in [0, 0.1) is 0 Å². The lowest BCUT2D eigenvalue weighted by atomic mass is 10.1. The Kier molecular flexibility index (Phi) is 5.61. The van der Waals surface area contributed by atoms with Crippen molar-refractivity contribution in [3.8, 4) is 0 Å². The third-order valence-electron chi connectivity index (χ3n) is 2.39. The molecule has 1 aromatic rings. The molecule has 1 aromatic heterocycles. The fraction of sp³-hybridized carbons (Fsp3) is 0.636. The first-order chi connectivity index (χ1) is 7.24. The van der Waals surface area contributed by atoms with Crippen LogP contribution in [0.25, 0.3) is 0 Å². The highest BCUT2D eigenvalue weighted by Gasteiger charge is 2.23. The Morgan fingerprint density at radius 1 is 1.53 bits per heavy atom. The first-order valence-corrected chi connectivity index (χ1v) is 6.52. The van der Waals surface area contributed by atoms with Crippen LogP contribution in [0.5, 0.6) is 0 Å². The van der Waals surface area contributed by atoms with Crippen LogP contribution in [0.15, 0.2) is 11.4 Å². The molecule has 2 atom stereocenters. The molecule has 0 aliphatic heterocycles. The molecule has 0 aliphatic carbocycles. The molecule has 15 heavy (non-hydrogen) atoms. The van der Waals surface area contributed by atoms with Crippen molar-refractivity contribution in [2.24, 2.45) is 0 Å². The molecular weight excluding hydrogens is 230 g/mol. The lowest BCUT2D eigenvalue weighted by Gasteiger charge is -2.25. The topological polar surface area (TPSA) is 21.3 Å². The van der Waals surface area contributed by atoms with E-state index < -0.39 is 0 Å². The Balaban J connectivity index is 2.82. The van der Waals surface area contributed by atoms with Gasteiger partial charge in [-0.15, -0.1) is 11.3 Å². The Morgan fingerprint density at radius 3 is 2.67 bits per heavy atom. The Hall–Kier alpha value is -0.0900. The summed E-state index contributed by atoms with van der Waals surface area (Å²) in [6.07, 6.45) is 1.17. The van der Waals surface area contributed by atoms with Crippen molar-refractivity contribution in [1.29, 1.82) is 0 Å². The van der Waals surface area contributed by atoms with Gasteiger partial charge in [0.2, 0.25) is 0 Å². The van der Waals surface area contributed by atoms with Gasteiger partial charge >= 0.3 is 0 Å². The van der Waals surface area contributed by atoms with Gasteiger partial charge in [-0.05, 0) is 31.8 Å². The standard InChI is InChI=1S/C11H18ClNOS/c1-4-9(14-5-2)10(13-3)11-8(12)6-7-15-11/h6-7,9-10,13H,4-5H2,1-3H3. The van der Waals surface area contributed by atoms with E-state index >= 15 is 0 Å². The quantitative estimate of drug-likeness (QED) is 0.831. The highest BCUT2D eigenvalue weighted by atomic mass is 35.5. The van der Waals surface area contributed by atoms with Crippen molar-refractivity contribution in [2.75, 3.05) is 13.7 Å². The fourth-order valence-corrected chi connectivity index (χ4v) is 3.01. The van der Waals surface area contributed by atoms with Crippen LogP contribution in [0.1, 0.15) is 31.2 Å². The summed E-state index contributed by atoms with van der Waals surface area (Å²) in [5, 5.41) is 6.13. The van der Waals surface area contributed by atoms with Gasteiger partial charge in [0, 0.05) is 11.5 Å². The average Bonchev–Trinajstić information content (AvgIpc) is 2.65. The number of ether oxygens (including phenoxy) is 1. The molecule has 0 bridgehead atoms. The summed E-state index contributed by atoms with van der Waals surface area (Å²) in [5.74, 6) is 0. The number of rotatable bonds is 6. The number of halogens is 1. The van der Waals surface area contributed by atoms with Gasteiger partial charge in [0.05, 0.1) is 17.2 Å². The van der Waals surface area contributed by atoms with Crippen molar-refractivity contribution in [3.05, 3.63) is 21.3 Å². The molecule has 86 valence electrons. The molecule has 0 fully saturated rings. The molecule has 4 heteroatoms. The fourth-order valence-electron chi connectivity index (χ4n) is 1.68. The number of hydrogen-bond acceptors (Lipinski definition) is 3. The SMILES string of the molecule is CCOC(CC)C(NC)c1sccc1Cl. The van der Waals surface area contributed by atoms with Gasteiger partial charge in [0.15, 0.2) is 0 Å². The van der Waals surface area contributed by atoms with Crippen LogP contribution >= 0.6 is 22.9 Å². The first-order valence-electron chi connectivity index (χ1n) is 5.26. The molecule has 1 heterocycles. The van der Waals surface area contributed by atoms with Crippen molar-refractivity contribution < 1.29 is 4.74 Å². The third kappa shape index (κ3) is 3.18. The van der Waals surface area contributed by atoms with E-state index in [1.54, 1.807) is 11.3 Å². The maximum Gasteiger partial charge on any atom is 0.0775 e. The van der Waals surface area contributed by atoms with Crippen LogP contribution in [-0.2, 0) is 4.74 Å². The second kappa shape index (κ2) is 6.48. The molecule has 0 saturated carbocycles. The summed E-state index contributed by atoms with van der Waals surface area (Å²) in [6.45, 7) is 4.89. The Bertz CT molecular complexity index is 290. The van der Waals surface area contributed by atoms with Crippen LogP contribution < -0.4 is 5.32 Å². The van der Waals surface area contributed by atoms with Gasteiger partial charge in [0.1, 0.15) is 0 Å². The smallest absolute Gasteiger partial charge is 0.0775 e. The predicted octanol–water partition coefficient (Wildman–Crippen LogP) is 3.48. The van der Waals surface area contributed by atoms with Crippen LogP contribution in [0.3, 0.4) is 0 Å². The zero-order valence-electron chi connectivity index (χ0n) is 9.42. The van der Waals surface area contributed by atoms with Crippen LogP contribution in [0.2, 0.25) is 5.02 Å². The normalized spacial score (nSPS) is 15.2. The lowest BCUT2D eigenvalue weighted by molar-refractivity contribution is 0.0343. The van der Waals surface area contributed by atoms with E-state index in [0.717, 1.165) is 18.1 Å². The van der Waals surface area contributed by atoms with E-state index in [9.17, 15) is 0 Å². The number of nitrogens with one attached hydrogen (secondary N) is 1. The molecule has 2 unspecified atom stereocenters. The van der Waals surface area contributed by atoms with Gasteiger partial charge in [-0.2, -0.15) is 0 Å². The molecule has 0 saturated heterocycles. The zero-order chi connectivity index (χ0) is 11.3. The summed E-state index contributed by atoms with van der Waals surface area (Å²) in [5.41, 5.74) is 0. The predicted molar refractivity (Wildman–Crippen MR) is 66.8 cm³/mol. The van der Waals surface area contributed by atoms with E-state index in [4.69, 9.17) is 16.3 Å². The molecular formula is C11H18ClNOS. The molecule has 0 amide bonds. The lowest BCUT2D eigenvalue weighted by Crippen LogP contribution is -2.30. The minimum Gasteiger partial charge on any atom is -0.377 e. The Morgan fingerprint density at radius 2 is 2.27 bits per heavy atom. The summed E-state index contributed by atoms with van der Waals surface area (Å²) in [4.78, 5) is 1.17. The molecule has 0 aromatic carbocycles. The number of hydrogen-bond donors (Lipinski definition) is 1. The molecule has 2 nitrogen and oxygen atoms in total. The van der Waals surface area contributed by atoms with Crippen molar-refractivity contribution >= 4 is 22.9 Å². The molecule has 0 aliphatic rings. The summed E-state index contributed by atoms with van der Waals surface area (Å²) in [7, 11) is 1.95. The third-order valence-corrected chi connectivity index (χ3v) is 3.83. The molecule has 1 N–H and O–H groups in total. The number of thiophene rings is 1. The van der Waals surface area contributed by atoms with Crippen LogP contribution in [0.4, 0.5) is 0 Å². The highest BCUT2D eigenvalue weighted by molar-refractivity contribution is 7.10. The first kappa shape index (κ1) is 13.0. The molecule has 1 rings (SSSR count). The van der Waals surface area contributed by atoms with Gasteiger partial charge in [0.25, 0.3) is 0 Å². The van der Waals surface area contributed by atoms with E-state index in [1.165, 1.54) is 4.88 Å². The van der Waals surface area contributed by atoms with E-state index in [-0.39, 0.29) is 12.1 Å².